The Morgan fingerprint density at radius 2 is 2.22 bits per heavy atom. The van der Waals surface area contributed by atoms with Crippen molar-refractivity contribution in [3.63, 3.8) is 0 Å². The van der Waals surface area contributed by atoms with Gasteiger partial charge in [0.05, 0.1) is 12.0 Å². The van der Waals surface area contributed by atoms with Crippen molar-refractivity contribution in [3.05, 3.63) is 47.4 Å². The van der Waals surface area contributed by atoms with E-state index >= 15 is 0 Å². The maximum Gasteiger partial charge on any atom is 0.227 e. The first-order valence-electron chi connectivity index (χ1n) is 7.44. The minimum atomic E-state index is -0.500. The number of rotatable bonds is 2. The zero-order valence-electron chi connectivity index (χ0n) is 12.5. The molecule has 7 heteroatoms. The third-order valence-electron chi connectivity index (χ3n) is 4.29. The average molecular weight is 330 g/mol. The monoisotopic (exact) mass is 330 g/mol. The van der Waals surface area contributed by atoms with Crippen molar-refractivity contribution in [1.82, 2.24) is 14.8 Å². The number of nitrogens with one attached hydrogen (secondary N) is 1. The molecule has 0 saturated heterocycles. The fourth-order valence-electron chi connectivity index (χ4n) is 3.27. The standard InChI is InChI=1S/C16H15FN4OS/c1-23-16-19-15-18-11-7-4-8-12(22)13(11)14(21(15)20-16)9-5-2-3-6-10(9)17/h2-3,5-7,13-14H,4,8H2,1H3,(H,18,19,20)/t13-,14-/m0/s1. The molecule has 2 atom stereocenters. The number of fused-ring (bicyclic) bond motifs is 2. The lowest BCUT2D eigenvalue weighted by Gasteiger charge is -2.36. The second-order valence-corrected chi connectivity index (χ2v) is 6.37. The summed E-state index contributed by atoms with van der Waals surface area (Å²) >= 11 is 1.42. The summed E-state index contributed by atoms with van der Waals surface area (Å²) in [5.74, 6) is -0.108. The number of nitrogens with zero attached hydrogens (tertiary/aromatic N) is 3. The fraction of sp³-hybridized carbons (Fsp3) is 0.312. The van der Waals surface area contributed by atoms with E-state index in [4.69, 9.17) is 0 Å². The first-order chi connectivity index (χ1) is 11.2. The van der Waals surface area contributed by atoms with E-state index in [1.165, 1.54) is 17.8 Å². The number of halogens is 1. The van der Waals surface area contributed by atoms with E-state index in [1.54, 1.807) is 22.9 Å². The van der Waals surface area contributed by atoms with E-state index in [1.807, 2.05) is 12.3 Å². The molecule has 2 heterocycles. The predicted octanol–water partition coefficient (Wildman–Crippen LogP) is 3.02. The van der Waals surface area contributed by atoms with Crippen LogP contribution in [0.25, 0.3) is 0 Å². The van der Waals surface area contributed by atoms with Gasteiger partial charge in [0.1, 0.15) is 11.6 Å². The summed E-state index contributed by atoms with van der Waals surface area (Å²) < 4.78 is 16.1. The molecule has 1 aromatic heterocycles. The Balaban J connectivity index is 1.94. The van der Waals surface area contributed by atoms with Gasteiger partial charge in [-0.05, 0) is 18.7 Å². The molecule has 1 N–H and O–H groups in total. The molecule has 1 aromatic carbocycles. The van der Waals surface area contributed by atoms with Crippen molar-refractivity contribution >= 4 is 23.5 Å². The molecule has 118 valence electrons. The lowest BCUT2D eigenvalue weighted by atomic mass is 9.80. The Bertz CT molecular complexity index is 816. The van der Waals surface area contributed by atoms with Crippen molar-refractivity contribution in [2.24, 2.45) is 5.92 Å². The van der Waals surface area contributed by atoms with Crippen LogP contribution in [0.4, 0.5) is 10.3 Å². The number of ketones is 1. The molecule has 0 spiro atoms. The summed E-state index contributed by atoms with van der Waals surface area (Å²) in [7, 11) is 0. The SMILES string of the molecule is CSc1nc2n(n1)[C@@H](c1ccccc1F)[C@@H]1C(=O)CCC=C1N2. The molecule has 4 rings (SSSR count). The van der Waals surface area contributed by atoms with Gasteiger partial charge in [0.25, 0.3) is 0 Å². The van der Waals surface area contributed by atoms with Crippen LogP contribution in [0.1, 0.15) is 24.4 Å². The van der Waals surface area contributed by atoms with Gasteiger partial charge in [-0.15, -0.1) is 5.10 Å². The van der Waals surface area contributed by atoms with Crippen LogP contribution >= 0.6 is 11.8 Å². The van der Waals surface area contributed by atoms with Crippen molar-refractivity contribution < 1.29 is 9.18 Å². The van der Waals surface area contributed by atoms with Crippen LogP contribution in [0.2, 0.25) is 0 Å². The largest absolute Gasteiger partial charge is 0.328 e. The molecular weight excluding hydrogens is 315 g/mol. The van der Waals surface area contributed by atoms with E-state index in [-0.39, 0.29) is 11.6 Å². The normalized spacial score (nSPS) is 22.9. The minimum Gasteiger partial charge on any atom is -0.328 e. The first-order valence-corrected chi connectivity index (χ1v) is 8.66. The van der Waals surface area contributed by atoms with Crippen LogP contribution in [0.3, 0.4) is 0 Å². The third kappa shape index (κ3) is 2.26. The third-order valence-corrected chi connectivity index (χ3v) is 4.83. The molecule has 0 amide bonds. The number of carbonyl (C=O) groups is 1. The first kappa shape index (κ1) is 14.4. The van der Waals surface area contributed by atoms with Crippen molar-refractivity contribution in [2.45, 2.75) is 24.0 Å². The smallest absolute Gasteiger partial charge is 0.227 e. The van der Waals surface area contributed by atoms with E-state index < -0.39 is 12.0 Å². The number of hydrogen-bond donors (Lipinski definition) is 1. The van der Waals surface area contributed by atoms with Gasteiger partial charge in [-0.3, -0.25) is 4.79 Å². The number of thioether (sulfide) groups is 1. The fourth-order valence-corrected chi connectivity index (χ4v) is 3.61. The van der Waals surface area contributed by atoms with Gasteiger partial charge in [-0.2, -0.15) is 4.98 Å². The second-order valence-electron chi connectivity index (χ2n) is 5.60. The Morgan fingerprint density at radius 1 is 1.39 bits per heavy atom. The molecule has 23 heavy (non-hydrogen) atoms. The zero-order chi connectivity index (χ0) is 16.0. The van der Waals surface area contributed by atoms with Gasteiger partial charge in [0, 0.05) is 17.7 Å². The topological polar surface area (TPSA) is 59.8 Å². The van der Waals surface area contributed by atoms with E-state index in [0.717, 1.165) is 5.70 Å². The van der Waals surface area contributed by atoms with E-state index in [9.17, 15) is 9.18 Å². The number of hydrogen-bond acceptors (Lipinski definition) is 5. The highest BCUT2D eigenvalue weighted by Crippen LogP contribution is 2.42. The predicted molar refractivity (Wildman–Crippen MR) is 85.8 cm³/mol. The van der Waals surface area contributed by atoms with Gasteiger partial charge >= 0.3 is 0 Å². The highest BCUT2D eigenvalue weighted by molar-refractivity contribution is 7.98. The number of carbonyl (C=O) groups excluding carboxylic acids is 1. The second kappa shape index (κ2) is 5.49. The number of aromatic nitrogens is 3. The van der Waals surface area contributed by atoms with Crippen LogP contribution in [-0.2, 0) is 4.79 Å². The molecular formula is C16H15FN4OS. The molecule has 2 aliphatic rings. The number of Topliss-reactive ketones (excluding diaryl/α,β-unsaturated/α-hetero) is 1. The van der Waals surface area contributed by atoms with Gasteiger partial charge in [-0.1, -0.05) is 36.0 Å². The summed E-state index contributed by atoms with van der Waals surface area (Å²) in [5, 5.41) is 8.25. The molecule has 0 bridgehead atoms. The maximum atomic E-state index is 14.4. The van der Waals surface area contributed by atoms with Crippen LogP contribution in [0.15, 0.2) is 41.2 Å². The summed E-state index contributed by atoms with van der Waals surface area (Å²) in [6.07, 6.45) is 5.07. The van der Waals surface area contributed by atoms with Crippen LogP contribution in [-0.4, -0.2) is 26.8 Å². The quantitative estimate of drug-likeness (QED) is 0.858. The van der Waals surface area contributed by atoms with Crippen molar-refractivity contribution in [3.8, 4) is 0 Å². The van der Waals surface area contributed by atoms with Gasteiger partial charge < -0.3 is 5.32 Å². The summed E-state index contributed by atoms with van der Waals surface area (Å²) in [5.41, 5.74) is 1.28. The molecule has 1 aliphatic carbocycles. The maximum absolute atomic E-state index is 14.4. The molecule has 1 aliphatic heterocycles. The molecule has 0 unspecified atom stereocenters. The highest BCUT2D eigenvalue weighted by Gasteiger charge is 2.42. The Kier molecular flexibility index (Phi) is 3.45. The Morgan fingerprint density at radius 3 is 3.00 bits per heavy atom. The van der Waals surface area contributed by atoms with Crippen molar-refractivity contribution in [2.75, 3.05) is 11.6 Å². The zero-order valence-corrected chi connectivity index (χ0v) is 13.3. The van der Waals surface area contributed by atoms with Crippen molar-refractivity contribution in [1.29, 1.82) is 0 Å². The Hall–Kier alpha value is -2.15. The minimum absolute atomic E-state index is 0.107. The van der Waals surface area contributed by atoms with Crippen LogP contribution in [0, 0.1) is 11.7 Å². The van der Waals surface area contributed by atoms with Gasteiger partial charge in [0.2, 0.25) is 11.1 Å². The number of benzene rings is 1. The molecule has 0 saturated carbocycles. The summed E-state index contributed by atoms with van der Waals surface area (Å²) in [4.78, 5) is 17.0. The molecule has 0 fully saturated rings. The highest BCUT2D eigenvalue weighted by atomic mass is 32.2. The van der Waals surface area contributed by atoms with Gasteiger partial charge in [-0.25, -0.2) is 9.07 Å². The summed E-state index contributed by atoms with van der Waals surface area (Å²) in [6, 6.07) is 6.06. The number of anilines is 1. The van der Waals surface area contributed by atoms with E-state index in [0.29, 0.717) is 29.5 Å². The van der Waals surface area contributed by atoms with Gasteiger partial charge in [0.15, 0.2) is 0 Å². The Labute approximate surface area is 137 Å². The lowest BCUT2D eigenvalue weighted by Crippen LogP contribution is -2.39. The average Bonchev–Trinajstić information content (AvgIpc) is 2.97. The molecule has 0 radical (unpaired) electrons. The van der Waals surface area contributed by atoms with Crippen LogP contribution < -0.4 is 5.32 Å². The number of allylic oxidation sites excluding steroid dienone is 2. The lowest BCUT2D eigenvalue weighted by molar-refractivity contribution is -0.123. The molecule has 5 nitrogen and oxygen atoms in total. The molecule has 2 aromatic rings. The summed E-state index contributed by atoms with van der Waals surface area (Å²) in [6.45, 7) is 0. The van der Waals surface area contributed by atoms with E-state index in [2.05, 4.69) is 15.4 Å². The van der Waals surface area contributed by atoms with Crippen LogP contribution in [0.5, 0.6) is 0 Å².